The summed E-state index contributed by atoms with van der Waals surface area (Å²) >= 11 is 0. The second-order valence-corrected chi connectivity index (χ2v) is 5.11. The Morgan fingerprint density at radius 1 is 1.28 bits per heavy atom. The second-order valence-electron chi connectivity index (χ2n) is 5.11. The zero-order valence-electron chi connectivity index (χ0n) is 10.8. The number of benzene rings is 1. The first-order chi connectivity index (χ1) is 8.79. The maximum Gasteiger partial charge on any atom is 0.224 e. The number of hydrogen-bond acceptors (Lipinski definition) is 2. The fourth-order valence-electron chi connectivity index (χ4n) is 2.57. The molecule has 1 saturated carbocycles. The molecule has 1 aliphatic carbocycles. The van der Waals surface area contributed by atoms with E-state index in [4.69, 9.17) is 5.73 Å². The molecule has 0 aromatic heterocycles. The molecule has 1 unspecified atom stereocenters. The maximum absolute atomic E-state index is 12.1. The Morgan fingerprint density at radius 3 is 2.56 bits per heavy atom. The van der Waals surface area contributed by atoms with Crippen molar-refractivity contribution in [3.63, 3.8) is 0 Å². The van der Waals surface area contributed by atoms with Gasteiger partial charge in [0.15, 0.2) is 0 Å². The van der Waals surface area contributed by atoms with Crippen LogP contribution >= 0.6 is 0 Å². The van der Waals surface area contributed by atoms with Crippen molar-refractivity contribution in [3.05, 3.63) is 35.9 Å². The van der Waals surface area contributed by atoms with Crippen molar-refractivity contribution < 1.29 is 4.79 Å². The number of carbonyl (C=O) groups is 1. The van der Waals surface area contributed by atoms with E-state index in [-0.39, 0.29) is 11.8 Å². The van der Waals surface area contributed by atoms with Gasteiger partial charge in [-0.1, -0.05) is 43.2 Å². The van der Waals surface area contributed by atoms with Gasteiger partial charge >= 0.3 is 0 Å². The first-order valence-electron chi connectivity index (χ1n) is 6.84. The van der Waals surface area contributed by atoms with Gasteiger partial charge in [0.1, 0.15) is 0 Å². The van der Waals surface area contributed by atoms with Crippen molar-refractivity contribution in [3.8, 4) is 0 Å². The lowest BCUT2D eigenvalue weighted by Crippen LogP contribution is -2.41. The average Bonchev–Trinajstić information content (AvgIpc) is 2.90. The summed E-state index contributed by atoms with van der Waals surface area (Å²) in [7, 11) is 0. The third kappa shape index (κ3) is 3.57. The molecule has 0 heterocycles. The van der Waals surface area contributed by atoms with Gasteiger partial charge in [-0.25, -0.2) is 0 Å². The summed E-state index contributed by atoms with van der Waals surface area (Å²) < 4.78 is 0. The smallest absolute Gasteiger partial charge is 0.224 e. The van der Waals surface area contributed by atoms with Gasteiger partial charge in [-0.15, -0.1) is 0 Å². The van der Waals surface area contributed by atoms with Crippen molar-refractivity contribution >= 4 is 5.91 Å². The summed E-state index contributed by atoms with van der Waals surface area (Å²) in [6.07, 6.45) is 5.44. The van der Waals surface area contributed by atoms with Crippen molar-refractivity contribution in [2.24, 2.45) is 11.7 Å². The van der Waals surface area contributed by atoms with E-state index < -0.39 is 0 Å². The topological polar surface area (TPSA) is 55.1 Å². The Morgan fingerprint density at radius 2 is 1.94 bits per heavy atom. The van der Waals surface area contributed by atoms with Gasteiger partial charge in [-0.3, -0.25) is 4.79 Å². The molecule has 0 saturated heterocycles. The molecule has 0 bridgehead atoms. The van der Waals surface area contributed by atoms with E-state index in [0.29, 0.717) is 12.6 Å². The van der Waals surface area contributed by atoms with Crippen LogP contribution in [-0.4, -0.2) is 18.5 Å². The minimum atomic E-state index is -0.104. The first kappa shape index (κ1) is 13.1. The van der Waals surface area contributed by atoms with E-state index in [1.807, 2.05) is 30.3 Å². The van der Waals surface area contributed by atoms with Crippen molar-refractivity contribution in [1.29, 1.82) is 0 Å². The Bertz CT molecular complexity index is 371. The molecule has 1 aromatic rings. The van der Waals surface area contributed by atoms with Crippen LogP contribution in [0.1, 0.15) is 31.2 Å². The van der Waals surface area contributed by atoms with Gasteiger partial charge in [0.2, 0.25) is 5.91 Å². The monoisotopic (exact) mass is 246 g/mol. The van der Waals surface area contributed by atoms with Gasteiger partial charge < -0.3 is 11.1 Å². The molecule has 1 amide bonds. The normalized spacial score (nSPS) is 17.6. The Hall–Kier alpha value is -1.35. The van der Waals surface area contributed by atoms with E-state index >= 15 is 0 Å². The lowest BCUT2D eigenvalue weighted by atomic mass is 9.98. The highest BCUT2D eigenvalue weighted by molar-refractivity contribution is 5.79. The molecule has 98 valence electrons. The predicted octanol–water partition coefficient (Wildman–Crippen LogP) is 1.86. The van der Waals surface area contributed by atoms with E-state index in [0.717, 1.165) is 19.3 Å². The van der Waals surface area contributed by atoms with Crippen LogP contribution in [-0.2, 0) is 11.2 Å². The van der Waals surface area contributed by atoms with Crippen molar-refractivity contribution in [2.45, 2.75) is 38.1 Å². The molecule has 3 nitrogen and oxygen atoms in total. The quantitative estimate of drug-likeness (QED) is 0.833. The van der Waals surface area contributed by atoms with Crippen LogP contribution in [0.25, 0.3) is 0 Å². The lowest BCUT2D eigenvalue weighted by Gasteiger charge is -2.18. The van der Waals surface area contributed by atoms with Gasteiger partial charge in [0.05, 0.1) is 5.92 Å². The fourth-order valence-corrected chi connectivity index (χ4v) is 2.57. The highest BCUT2D eigenvalue weighted by Gasteiger charge is 2.22. The minimum absolute atomic E-state index is 0.104. The summed E-state index contributed by atoms with van der Waals surface area (Å²) in [6.45, 7) is 0.410. The standard InChI is InChI=1S/C15H22N2O/c16-11-13(10-12-6-2-1-3-7-12)15(18)17-14-8-4-5-9-14/h1-3,6-7,13-14H,4-5,8-11,16H2,(H,17,18). The Kier molecular flexibility index (Phi) is 4.76. The highest BCUT2D eigenvalue weighted by atomic mass is 16.1. The summed E-state index contributed by atoms with van der Waals surface area (Å²) in [5.74, 6) is 0.0150. The summed E-state index contributed by atoms with van der Waals surface area (Å²) in [5.41, 5.74) is 6.91. The van der Waals surface area contributed by atoms with Crippen LogP contribution in [0.15, 0.2) is 30.3 Å². The predicted molar refractivity (Wildman–Crippen MR) is 73.1 cm³/mol. The van der Waals surface area contributed by atoms with Crippen LogP contribution in [0.2, 0.25) is 0 Å². The molecule has 1 aliphatic rings. The lowest BCUT2D eigenvalue weighted by molar-refractivity contribution is -0.125. The Balaban J connectivity index is 1.89. The molecule has 0 spiro atoms. The minimum Gasteiger partial charge on any atom is -0.353 e. The van der Waals surface area contributed by atoms with Crippen LogP contribution in [0.4, 0.5) is 0 Å². The van der Waals surface area contributed by atoms with Crippen molar-refractivity contribution in [2.75, 3.05) is 6.54 Å². The zero-order valence-corrected chi connectivity index (χ0v) is 10.8. The van der Waals surface area contributed by atoms with E-state index in [1.54, 1.807) is 0 Å². The number of nitrogens with two attached hydrogens (primary N) is 1. The molecular weight excluding hydrogens is 224 g/mol. The average molecular weight is 246 g/mol. The first-order valence-corrected chi connectivity index (χ1v) is 6.84. The molecule has 1 atom stereocenters. The fraction of sp³-hybridized carbons (Fsp3) is 0.533. The molecule has 3 N–H and O–H groups in total. The van der Waals surface area contributed by atoms with Crippen LogP contribution in [0, 0.1) is 5.92 Å². The summed E-state index contributed by atoms with van der Waals surface area (Å²) in [4.78, 5) is 12.1. The van der Waals surface area contributed by atoms with Crippen molar-refractivity contribution in [1.82, 2.24) is 5.32 Å². The number of rotatable bonds is 5. The highest BCUT2D eigenvalue weighted by Crippen LogP contribution is 2.18. The summed E-state index contributed by atoms with van der Waals surface area (Å²) in [5, 5.41) is 3.13. The third-order valence-electron chi connectivity index (χ3n) is 3.68. The number of amides is 1. The molecular formula is C15H22N2O. The maximum atomic E-state index is 12.1. The van der Waals surface area contributed by atoms with E-state index in [9.17, 15) is 4.79 Å². The van der Waals surface area contributed by atoms with Gasteiger partial charge in [0, 0.05) is 12.6 Å². The molecule has 18 heavy (non-hydrogen) atoms. The number of carbonyl (C=O) groups excluding carboxylic acids is 1. The number of nitrogens with one attached hydrogen (secondary N) is 1. The molecule has 1 fully saturated rings. The molecule has 0 aliphatic heterocycles. The van der Waals surface area contributed by atoms with Crippen LogP contribution in [0.5, 0.6) is 0 Å². The summed E-state index contributed by atoms with van der Waals surface area (Å²) in [6, 6.07) is 10.5. The Labute approximate surface area is 109 Å². The molecule has 0 radical (unpaired) electrons. The number of hydrogen-bond donors (Lipinski definition) is 2. The van der Waals surface area contributed by atoms with Crippen LogP contribution in [0.3, 0.4) is 0 Å². The zero-order chi connectivity index (χ0) is 12.8. The second kappa shape index (κ2) is 6.55. The van der Waals surface area contributed by atoms with Gasteiger partial charge in [-0.2, -0.15) is 0 Å². The largest absolute Gasteiger partial charge is 0.353 e. The third-order valence-corrected chi connectivity index (χ3v) is 3.68. The SMILES string of the molecule is NCC(Cc1ccccc1)C(=O)NC1CCCC1. The molecule has 2 rings (SSSR count). The van der Waals surface area contributed by atoms with E-state index in [2.05, 4.69) is 5.32 Å². The molecule has 3 heteroatoms. The molecule has 1 aromatic carbocycles. The van der Waals surface area contributed by atoms with Crippen LogP contribution < -0.4 is 11.1 Å². The van der Waals surface area contributed by atoms with Gasteiger partial charge in [0.25, 0.3) is 0 Å². The van der Waals surface area contributed by atoms with Gasteiger partial charge in [-0.05, 0) is 24.8 Å². The van der Waals surface area contributed by atoms with E-state index in [1.165, 1.54) is 18.4 Å².